The van der Waals surface area contributed by atoms with Gasteiger partial charge in [0, 0.05) is 13.2 Å². The fourth-order valence-electron chi connectivity index (χ4n) is 0.966. The number of rotatable bonds is 3. The van der Waals surface area contributed by atoms with E-state index in [1.807, 2.05) is 0 Å². The number of ether oxygens (including phenoxy) is 1. The molecule has 0 saturated heterocycles. The van der Waals surface area contributed by atoms with E-state index in [4.69, 9.17) is 10.5 Å². The third-order valence-electron chi connectivity index (χ3n) is 1.54. The molecule has 0 aliphatic rings. The molecule has 0 amide bonds. The summed E-state index contributed by atoms with van der Waals surface area (Å²) in [5, 5.41) is 0. The lowest BCUT2D eigenvalue weighted by Gasteiger charge is -2.05. The van der Waals surface area contributed by atoms with Crippen LogP contribution in [0.25, 0.3) is 0 Å². The van der Waals surface area contributed by atoms with Crippen LogP contribution in [-0.2, 0) is 11.3 Å². The van der Waals surface area contributed by atoms with Crippen LogP contribution in [0.15, 0.2) is 10.9 Å². The molecule has 5 nitrogen and oxygen atoms in total. The van der Waals surface area contributed by atoms with E-state index in [-0.39, 0.29) is 11.6 Å². The number of methoxy groups -OCH3 is 1. The van der Waals surface area contributed by atoms with Gasteiger partial charge in [0.25, 0.3) is 5.56 Å². The van der Waals surface area contributed by atoms with Crippen LogP contribution in [0.5, 0.6) is 0 Å². The monoisotopic (exact) mass is 183 g/mol. The van der Waals surface area contributed by atoms with Crippen LogP contribution in [0, 0.1) is 0 Å². The summed E-state index contributed by atoms with van der Waals surface area (Å²) in [6.45, 7) is 2.08. The van der Waals surface area contributed by atoms with Gasteiger partial charge in [-0.1, -0.05) is 0 Å². The van der Waals surface area contributed by atoms with Crippen LogP contribution in [0.1, 0.15) is 24.5 Å². The van der Waals surface area contributed by atoms with Gasteiger partial charge in [0.15, 0.2) is 0 Å². The van der Waals surface area contributed by atoms with Crippen LogP contribution in [0.4, 0.5) is 0 Å². The van der Waals surface area contributed by atoms with Gasteiger partial charge in [-0.2, -0.15) is 0 Å². The number of hydrogen-bond acceptors (Lipinski definition) is 4. The molecule has 1 aromatic rings. The molecule has 0 radical (unpaired) electrons. The summed E-state index contributed by atoms with van der Waals surface area (Å²) in [6, 6.07) is 1.12. The van der Waals surface area contributed by atoms with Gasteiger partial charge in [-0.15, -0.1) is 0 Å². The van der Waals surface area contributed by atoms with Crippen LogP contribution in [-0.4, -0.2) is 17.1 Å². The molecule has 3 N–H and O–H groups in total. The van der Waals surface area contributed by atoms with E-state index in [9.17, 15) is 4.79 Å². The van der Waals surface area contributed by atoms with Gasteiger partial charge in [-0.25, -0.2) is 4.98 Å². The Kier molecular flexibility index (Phi) is 3.16. The first-order valence-electron chi connectivity index (χ1n) is 3.98. The molecule has 0 aromatic carbocycles. The highest BCUT2D eigenvalue weighted by atomic mass is 16.5. The Hall–Kier alpha value is -1.20. The summed E-state index contributed by atoms with van der Waals surface area (Å²) in [7, 11) is 1.55. The molecule has 1 rings (SSSR count). The molecular formula is C8H13N3O2. The zero-order valence-electron chi connectivity index (χ0n) is 7.70. The second kappa shape index (κ2) is 4.15. The molecule has 1 aromatic heterocycles. The van der Waals surface area contributed by atoms with Gasteiger partial charge in [-0.05, 0) is 6.92 Å². The van der Waals surface area contributed by atoms with Gasteiger partial charge < -0.3 is 15.5 Å². The van der Waals surface area contributed by atoms with E-state index in [1.165, 1.54) is 6.07 Å². The Labute approximate surface area is 75.9 Å². The van der Waals surface area contributed by atoms with Gasteiger partial charge in [0.05, 0.1) is 18.3 Å². The SMILES string of the molecule is COCc1cc(=O)[nH]c(C(C)N)n1. The highest BCUT2D eigenvalue weighted by molar-refractivity contribution is 5.03. The second-order valence-corrected chi connectivity index (χ2v) is 2.84. The first kappa shape index (κ1) is 9.88. The van der Waals surface area contributed by atoms with Crippen LogP contribution < -0.4 is 11.3 Å². The highest BCUT2D eigenvalue weighted by Crippen LogP contribution is 2.01. The predicted octanol–water partition coefficient (Wildman–Crippen LogP) is -0.0640. The molecule has 0 saturated carbocycles. The Morgan fingerprint density at radius 1 is 1.77 bits per heavy atom. The predicted molar refractivity (Wildman–Crippen MR) is 48.2 cm³/mol. The number of aromatic nitrogens is 2. The maximum atomic E-state index is 11.1. The van der Waals surface area contributed by atoms with Crippen molar-refractivity contribution >= 4 is 0 Å². The van der Waals surface area contributed by atoms with Crippen LogP contribution in [0.3, 0.4) is 0 Å². The van der Waals surface area contributed by atoms with Crippen molar-refractivity contribution in [2.24, 2.45) is 5.73 Å². The molecule has 5 heteroatoms. The molecule has 0 aliphatic carbocycles. The van der Waals surface area contributed by atoms with Crippen molar-refractivity contribution in [2.45, 2.75) is 19.6 Å². The first-order valence-corrected chi connectivity index (χ1v) is 3.98. The van der Waals surface area contributed by atoms with Gasteiger partial charge in [-0.3, -0.25) is 4.79 Å². The van der Waals surface area contributed by atoms with E-state index >= 15 is 0 Å². The van der Waals surface area contributed by atoms with Crippen molar-refractivity contribution in [2.75, 3.05) is 7.11 Å². The molecule has 1 unspecified atom stereocenters. The smallest absolute Gasteiger partial charge is 0.251 e. The van der Waals surface area contributed by atoms with E-state index in [2.05, 4.69) is 9.97 Å². The van der Waals surface area contributed by atoms with Crippen molar-refractivity contribution in [1.82, 2.24) is 9.97 Å². The minimum atomic E-state index is -0.274. The summed E-state index contributed by atoms with van der Waals surface area (Å²) < 4.78 is 4.86. The topological polar surface area (TPSA) is 81.0 Å². The molecule has 1 heterocycles. The first-order chi connectivity index (χ1) is 6.13. The van der Waals surface area contributed by atoms with Crippen molar-refractivity contribution in [1.29, 1.82) is 0 Å². The summed E-state index contributed by atoms with van der Waals surface area (Å²) in [6.07, 6.45) is 0. The Morgan fingerprint density at radius 2 is 2.46 bits per heavy atom. The molecule has 1 atom stereocenters. The van der Waals surface area contributed by atoms with Crippen molar-refractivity contribution < 1.29 is 4.74 Å². The minimum Gasteiger partial charge on any atom is -0.378 e. The van der Waals surface area contributed by atoms with Crippen LogP contribution >= 0.6 is 0 Å². The standard InChI is InChI=1S/C8H13N3O2/c1-5(9)8-10-6(4-13-2)3-7(12)11-8/h3,5H,4,9H2,1-2H3,(H,10,11,12). The zero-order valence-corrected chi connectivity index (χ0v) is 7.70. The normalized spacial score (nSPS) is 12.8. The Bertz CT molecular complexity index is 332. The van der Waals surface area contributed by atoms with E-state index in [0.29, 0.717) is 18.1 Å². The molecule has 0 aliphatic heterocycles. The Morgan fingerprint density at radius 3 is 3.00 bits per heavy atom. The average molecular weight is 183 g/mol. The highest BCUT2D eigenvalue weighted by Gasteiger charge is 2.04. The van der Waals surface area contributed by atoms with E-state index in [1.54, 1.807) is 14.0 Å². The number of aromatic amines is 1. The Balaban J connectivity index is 3.04. The maximum Gasteiger partial charge on any atom is 0.251 e. The lowest BCUT2D eigenvalue weighted by molar-refractivity contribution is 0.181. The fourth-order valence-corrected chi connectivity index (χ4v) is 0.966. The van der Waals surface area contributed by atoms with Gasteiger partial charge >= 0.3 is 0 Å². The molecular weight excluding hydrogens is 170 g/mol. The van der Waals surface area contributed by atoms with Crippen molar-refractivity contribution in [3.63, 3.8) is 0 Å². The molecule has 0 bridgehead atoms. The zero-order chi connectivity index (χ0) is 9.84. The second-order valence-electron chi connectivity index (χ2n) is 2.84. The summed E-state index contributed by atoms with van der Waals surface area (Å²) in [4.78, 5) is 17.8. The summed E-state index contributed by atoms with van der Waals surface area (Å²) >= 11 is 0. The number of nitrogens with zero attached hydrogens (tertiary/aromatic N) is 1. The van der Waals surface area contributed by atoms with Crippen LogP contribution in [0.2, 0.25) is 0 Å². The van der Waals surface area contributed by atoms with E-state index < -0.39 is 0 Å². The summed E-state index contributed by atoms with van der Waals surface area (Å²) in [5.41, 5.74) is 5.97. The minimum absolute atomic E-state index is 0.200. The van der Waals surface area contributed by atoms with Crippen molar-refractivity contribution in [3.8, 4) is 0 Å². The molecule has 0 spiro atoms. The maximum absolute atomic E-state index is 11.1. The largest absolute Gasteiger partial charge is 0.378 e. The quantitative estimate of drug-likeness (QED) is 0.687. The number of hydrogen-bond donors (Lipinski definition) is 2. The average Bonchev–Trinajstić information content (AvgIpc) is 2.03. The number of nitrogens with two attached hydrogens (primary N) is 1. The summed E-state index contributed by atoms with van der Waals surface area (Å²) in [5.74, 6) is 0.486. The third-order valence-corrected chi connectivity index (χ3v) is 1.54. The lowest BCUT2D eigenvalue weighted by atomic mass is 10.3. The molecule has 0 fully saturated rings. The molecule has 13 heavy (non-hydrogen) atoms. The number of H-pyrrole nitrogens is 1. The lowest BCUT2D eigenvalue weighted by Crippen LogP contribution is -2.18. The van der Waals surface area contributed by atoms with Gasteiger partial charge in [0.1, 0.15) is 5.82 Å². The van der Waals surface area contributed by atoms with E-state index in [0.717, 1.165) is 0 Å². The number of nitrogens with one attached hydrogen (secondary N) is 1. The van der Waals surface area contributed by atoms with Gasteiger partial charge in [0.2, 0.25) is 0 Å². The third kappa shape index (κ3) is 2.64. The molecule has 72 valence electrons. The fraction of sp³-hybridized carbons (Fsp3) is 0.500. The van der Waals surface area contributed by atoms with Crippen molar-refractivity contribution in [3.05, 3.63) is 27.9 Å².